The molecule has 40 heavy (non-hydrogen) atoms. The van der Waals surface area contributed by atoms with Crippen LogP contribution in [0.5, 0.6) is 0 Å². The van der Waals surface area contributed by atoms with E-state index in [0.717, 1.165) is 70.9 Å². The number of piperidine rings is 1. The number of carbonyl (C=O) groups excluding carboxylic acids is 2. The summed E-state index contributed by atoms with van der Waals surface area (Å²) >= 11 is 0. The molecule has 2 aliphatic heterocycles. The van der Waals surface area contributed by atoms with Crippen molar-refractivity contribution in [2.45, 2.75) is 117 Å². The molecular formula is C33H52N2O5. The number of esters is 1. The Kier molecular flexibility index (Phi) is 12.7. The van der Waals surface area contributed by atoms with Gasteiger partial charge in [-0.05, 0) is 81.1 Å². The first kappa shape index (κ1) is 32.3. The number of amides is 1. The summed E-state index contributed by atoms with van der Waals surface area (Å²) in [6.45, 7) is 9.91. The molecule has 0 spiro atoms. The Balaban J connectivity index is 1.84. The van der Waals surface area contributed by atoms with Gasteiger partial charge < -0.3 is 19.8 Å². The van der Waals surface area contributed by atoms with Crippen LogP contribution >= 0.6 is 0 Å². The molecule has 0 aromatic rings. The first-order valence-electron chi connectivity index (χ1n) is 15.7. The Morgan fingerprint density at radius 1 is 0.975 bits per heavy atom. The van der Waals surface area contributed by atoms with Gasteiger partial charge in [-0.15, -0.1) is 0 Å². The Morgan fingerprint density at radius 3 is 2.33 bits per heavy atom. The van der Waals surface area contributed by atoms with Crippen LogP contribution in [0.25, 0.3) is 0 Å². The summed E-state index contributed by atoms with van der Waals surface area (Å²) in [6, 6.07) is 2.17. The third kappa shape index (κ3) is 9.17. The number of cyclic esters (lactones) is 1. The van der Waals surface area contributed by atoms with E-state index in [1.165, 1.54) is 0 Å². The van der Waals surface area contributed by atoms with Crippen LogP contribution in [0.3, 0.4) is 0 Å². The average Bonchev–Trinajstić information content (AvgIpc) is 3.41. The van der Waals surface area contributed by atoms with Crippen molar-refractivity contribution in [1.29, 1.82) is 5.26 Å². The van der Waals surface area contributed by atoms with E-state index in [4.69, 9.17) is 4.74 Å². The van der Waals surface area contributed by atoms with Gasteiger partial charge in [-0.3, -0.25) is 9.59 Å². The molecule has 0 radical (unpaired) electrons. The molecule has 7 nitrogen and oxygen atoms in total. The van der Waals surface area contributed by atoms with E-state index >= 15 is 0 Å². The zero-order chi connectivity index (χ0) is 29.2. The third-order valence-electron chi connectivity index (χ3n) is 9.47. The van der Waals surface area contributed by atoms with Crippen LogP contribution < -0.4 is 0 Å². The number of hydrogen-bond acceptors (Lipinski definition) is 6. The van der Waals surface area contributed by atoms with Gasteiger partial charge in [0.25, 0.3) is 0 Å². The van der Waals surface area contributed by atoms with Crippen LogP contribution in [0, 0.1) is 46.8 Å². The highest BCUT2D eigenvalue weighted by atomic mass is 16.5. The molecule has 2 heterocycles. The number of ether oxygens (including phenoxy) is 1. The predicted octanol–water partition coefficient (Wildman–Crippen LogP) is 5.56. The number of rotatable bonds is 2. The fourth-order valence-corrected chi connectivity index (χ4v) is 7.32. The first-order chi connectivity index (χ1) is 19.1. The number of hydrogen-bond donors (Lipinski definition) is 2. The fourth-order valence-electron chi connectivity index (χ4n) is 7.32. The molecule has 0 bridgehead atoms. The predicted molar refractivity (Wildman–Crippen MR) is 156 cm³/mol. The van der Waals surface area contributed by atoms with Gasteiger partial charge in [0.1, 0.15) is 6.10 Å². The van der Waals surface area contributed by atoms with Crippen LogP contribution in [-0.4, -0.2) is 58.4 Å². The largest absolute Gasteiger partial charge is 0.462 e. The molecule has 2 fully saturated rings. The molecular weight excluding hydrogens is 504 g/mol. The van der Waals surface area contributed by atoms with Crippen molar-refractivity contribution in [1.82, 2.24) is 4.90 Å². The summed E-state index contributed by atoms with van der Waals surface area (Å²) in [4.78, 5) is 28.6. The van der Waals surface area contributed by atoms with E-state index in [0.29, 0.717) is 23.8 Å². The minimum Gasteiger partial charge on any atom is -0.462 e. The zero-order valence-corrected chi connectivity index (χ0v) is 25.1. The van der Waals surface area contributed by atoms with Crippen molar-refractivity contribution in [3.05, 3.63) is 23.8 Å². The van der Waals surface area contributed by atoms with Crippen molar-refractivity contribution in [3.8, 4) is 6.07 Å². The summed E-state index contributed by atoms with van der Waals surface area (Å²) in [5.74, 6) is 0.115. The molecule has 224 valence electrons. The van der Waals surface area contributed by atoms with Crippen LogP contribution in [0.4, 0.5) is 0 Å². The van der Waals surface area contributed by atoms with E-state index in [9.17, 15) is 25.1 Å². The van der Waals surface area contributed by atoms with Crippen molar-refractivity contribution in [2.75, 3.05) is 13.1 Å². The number of nitrogens with zero attached hydrogens (tertiary/aromatic N) is 2. The van der Waals surface area contributed by atoms with Gasteiger partial charge in [0.2, 0.25) is 5.91 Å². The van der Waals surface area contributed by atoms with Crippen LogP contribution in [0.1, 0.15) is 98.3 Å². The van der Waals surface area contributed by atoms with Gasteiger partial charge in [0, 0.05) is 31.3 Å². The Labute approximate surface area is 241 Å². The van der Waals surface area contributed by atoms with Gasteiger partial charge in [-0.25, -0.2) is 0 Å². The maximum atomic E-state index is 13.5. The molecule has 9 atom stereocenters. The van der Waals surface area contributed by atoms with Gasteiger partial charge >= 0.3 is 5.97 Å². The molecule has 2 N–H and O–H groups in total. The Bertz CT molecular complexity index is 934. The molecule has 0 aromatic heterocycles. The SMILES string of the molecule is C[C@@H]1C[C@H](C)C[C@H](C)[C@@H](O)CC(=O)O[C@H]([C@@H]2CCC[C@H]2C(=O)N2CCCCC2)C/C=C/C=C(/C#N)[C@H](O)[C@@H](C)C1. The van der Waals surface area contributed by atoms with Crippen molar-refractivity contribution < 1.29 is 24.5 Å². The molecule has 0 aromatic carbocycles. The van der Waals surface area contributed by atoms with Crippen molar-refractivity contribution in [3.63, 3.8) is 0 Å². The highest BCUT2D eigenvalue weighted by molar-refractivity contribution is 5.79. The quantitative estimate of drug-likeness (QED) is 0.431. The van der Waals surface area contributed by atoms with E-state index < -0.39 is 24.3 Å². The monoisotopic (exact) mass is 556 g/mol. The van der Waals surface area contributed by atoms with Crippen LogP contribution in [-0.2, 0) is 14.3 Å². The lowest BCUT2D eigenvalue weighted by molar-refractivity contribution is -0.158. The summed E-state index contributed by atoms with van der Waals surface area (Å²) in [5, 5.41) is 31.5. The molecule has 1 amide bonds. The second kappa shape index (κ2) is 15.7. The third-order valence-corrected chi connectivity index (χ3v) is 9.47. The smallest absolute Gasteiger partial charge is 0.308 e. The number of allylic oxidation sites excluding steroid dienone is 2. The number of carbonyl (C=O) groups is 2. The second-order valence-electron chi connectivity index (χ2n) is 13.1. The van der Waals surface area contributed by atoms with E-state index in [1.54, 1.807) is 12.2 Å². The van der Waals surface area contributed by atoms with Crippen LogP contribution in [0.15, 0.2) is 23.8 Å². The van der Waals surface area contributed by atoms with Gasteiger partial charge in [-0.2, -0.15) is 5.26 Å². The molecule has 0 unspecified atom stereocenters. The standard InChI is InChI=1S/C33H52N2O5/c1-22-17-23(2)19-25(4)32(38)26(21-34)11-6-7-14-30(40-31(37)20-29(36)24(3)18-22)27-12-10-13-28(27)33(39)35-15-8-5-9-16-35/h6-7,11,22-25,27-30,32,36,38H,5,8-10,12-20H2,1-4H3/b7-6+,26-11-/t22-,23+,24-,25-,27+,28+,29-,30-,32+/m0/s1. The molecule has 1 saturated carbocycles. The molecule has 1 saturated heterocycles. The first-order valence-corrected chi connectivity index (χ1v) is 15.7. The lowest BCUT2D eigenvalue weighted by Gasteiger charge is -2.33. The number of likely N-dealkylation sites (tertiary alicyclic amines) is 1. The van der Waals surface area contributed by atoms with E-state index in [2.05, 4.69) is 19.9 Å². The highest BCUT2D eigenvalue weighted by Crippen LogP contribution is 2.39. The summed E-state index contributed by atoms with van der Waals surface area (Å²) in [5.41, 5.74) is 0.328. The van der Waals surface area contributed by atoms with E-state index in [1.807, 2.05) is 24.8 Å². The van der Waals surface area contributed by atoms with Gasteiger partial charge in [0.05, 0.1) is 30.3 Å². The summed E-state index contributed by atoms with van der Waals surface area (Å²) < 4.78 is 6.05. The Morgan fingerprint density at radius 2 is 1.65 bits per heavy atom. The van der Waals surface area contributed by atoms with E-state index in [-0.39, 0.29) is 36.0 Å². The molecule has 1 aliphatic carbocycles. The maximum Gasteiger partial charge on any atom is 0.308 e. The molecule has 7 heteroatoms. The zero-order valence-electron chi connectivity index (χ0n) is 25.1. The Hall–Kier alpha value is -2.17. The van der Waals surface area contributed by atoms with Crippen LogP contribution in [0.2, 0.25) is 0 Å². The maximum absolute atomic E-state index is 13.5. The topological polar surface area (TPSA) is 111 Å². The van der Waals surface area contributed by atoms with Gasteiger partial charge in [-0.1, -0.05) is 46.3 Å². The normalized spacial score (nSPS) is 39.6. The average molecular weight is 557 g/mol. The lowest BCUT2D eigenvalue weighted by Crippen LogP contribution is -2.43. The highest BCUT2D eigenvalue weighted by Gasteiger charge is 2.41. The summed E-state index contributed by atoms with van der Waals surface area (Å²) in [6.07, 6.45) is 11.9. The number of aliphatic hydroxyl groups is 2. The minimum absolute atomic E-state index is 0.0528. The number of nitriles is 1. The molecule has 3 rings (SSSR count). The number of aliphatic hydroxyl groups excluding tert-OH is 2. The van der Waals surface area contributed by atoms with Gasteiger partial charge in [0.15, 0.2) is 0 Å². The summed E-state index contributed by atoms with van der Waals surface area (Å²) in [7, 11) is 0. The van der Waals surface area contributed by atoms with Crippen molar-refractivity contribution >= 4 is 11.9 Å². The fraction of sp³-hybridized carbons (Fsp3) is 0.788. The second-order valence-corrected chi connectivity index (χ2v) is 13.1. The minimum atomic E-state index is -0.845. The molecule has 3 aliphatic rings. The lowest BCUT2D eigenvalue weighted by atomic mass is 9.82. The van der Waals surface area contributed by atoms with Crippen molar-refractivity contribution in [2.24, 2.45) is 35.5 Å².